The predicted octanol–water partition coefficient (Wildman–Crippen LogP) is 0.741. The standard InChI is InChI=1S/C14H19BNO3/c1-13(2,18)14(3,4)19-15-10-5-6-11-9(7-10)8-16-12(11)17/h5-7,18H,8H2,1-4H3,(H,16,17). The number of nitrogens with one attached hydrogen (secondary N) is 1. The maximum absolute atomic E-state index is 11.4. The molecule has 1 radical (unpaired) electrons. The molecule has 0 aromatic heterocycles. The van der Waals surface area contributed by atoms with Crippen LogP contribution in [-0.2, 0) is 11.2 Å². The molecule has 1 aliphatic heterocycles. The molecule has 1 aliphatic rings. The highest BCUT2D eigenvalue weighted by Gasteiger charge is 2.35. The van der Waals surface area contributed by atoms with Crippen LogP contribution in [0.1, 0.15) is 43.6 Å². The molecule has 0 bridgehead atoms. The topological polar surface area (TPSA) is 58.6 Å². The molecule has 0 saturated carbocycles. The van der Waals surface area contributed by atoms with Crippen LogP contribution in [0, 0.1) is 0 Å². The van der Waals surface area contributed by atoms with Crippen LogP contribution in [0.4, 0.5) is 0 Å². The van der Waals surface area contributed by atoms with Crippen LogP contribution in [0.5, 0.6) is 0 Å². The summed E-state index contributed by atoms with van der Waals surface area (Å²) < 4.78 is 5.69. The van der Waals surface area contributed by atoms with Crippen molar-refractivity contribution in [1.29, 1.82) is 0 Å². The van der Waals surface area contributed by atoms with Crippen LogP contribution in [0.15, 0.2) is 18.2 Å². The molecular weight excluding hydrogens is 241 g/mol. The van der Waals surface area contributed by atoms with Gasteiger partial charge in [0.15, 0.2) is 0 Å². The zero-order valence-corrected chi connectivity index (χ0v) is 11.8. The fourth-order valence-corrected chi connectivity index (χ4v) is 1.69. The van der Waals surface area contributed by atoms with Crippen molar-refractivity contribution >= 4 is 18.9 Å². The minimum atomic E-state index is -0.947. The van der Waals surface area contributed by atoms with E-state index in [1.807, 2.05) is 26.0 Å². The molecule has 5 heteroatoms. The van der Waals surface area contributed by atoms with Crippen molar-refractivity contribution in [3.8, 4) is 0 Å². The first kappa shape index (κ1) is 14.1. The van der Waals surface area contributed by atoms with Gasteiger partial charge < -0.3 is 15.1 Å². The Hall–Kier alpha value is -1.33. The van der Waals surface area contributed by atoms with Crippen molar-refractivity contribution in [2.24, 2.45) is 0 Å². The van der Waals surface area contributed by atoms with E-state index in [2.05, 4.69) is 5.32 Å². The van der Waals surface area contributed by atoms with Crippen molar-refractivity contribution in [3.05, 3.63) is 29.3 Å². The Morgan fingerprint density at radius 3 is 2.63 bits per heavy atom. The maximum Gasteiger partial charge on any atom is 0.330 e. The molecule has 101 valence electrons. The molecule has 0 spiro atoms. The van der Waals surface area contributed by atoms with E-state index in [1.165, 1.54) is 0 Å². The van der Waals surface area contributed by atoms with E-state index in [-0.39, 0.29) is 5.91 Å². The van der Waals surface area contributed by atoms with Gasteiger partial charge in [-0.2, -0.15) is 0 Å². The Kier molecular flexibility index (Phi) is 3.45. The summed E-state index contributed by atoms with van der Waals surface area (Å²) in [5.74, 6) is -0.0284. The molecule has 1 amide bonds. The van der Waals surface area contributed by atoms with Gasteiger partial charge >= 0.3 is 7.48 Å². The molecule has 1 aromatic carbocycles. The smallest absolute Gasteiger partial charge is 0.330 e. The van der Waals surface area contributed by atoms with Gasteiger partial charge in [0.1, 0.15) is 0 Å². The predicted molar refractivity (Wildman–Crippen MR) is 74.5 cm³/mol. The number of fused-ring (bicyclic) bond motifs is 1. The molecule has 1 aromatic rings. The molecule has 0 fully saturated rings. The van der Waals surface area contributed by atoms with Crippen molar-refractivity contribution < 1.29 is 14.6 Å². The third kappa shape index (κ3) is 2.82. The lowest BCUT2D eigenvalue weighted by atomic mass is 9.81. The van der Waals surface area contributed by atoms with E-state index < -0.39 is 11.2 Å². The van der Waals surface area contributed by atoms with Gasteiger partial charge in [-0.15, -0.1) is 0 Å². The van der Waals surface area contributed by atoms with Crippen LogP contribution in [0.2, 0.25) is 0 Å². The van der Waals surface area contributed by atoms with Crippen LogP contribution >= 0.6 is 0 Å². The van der Waals surface area contributed by atoms with Gasteiger partial charge in [0.25, 0.3) is 5.91 Å². The molecule has 0 saturated heterocycles. The zero-order chi connectivity index (χ0) is 14.3. The highest BCUT2D eigenvalue weighted by atomic mass is 16.5. The largest absolute Gasteiger partial charge is 0.427 e. The van der Waals surface area contributed by atoms with Crippen LogP contribution in [0.25, 0.3) is 0 Å². The molecule has 2 N–H and O–H groups in total. The first-order valence-electron chi connectivity index (χ1n) is 6.35. The average molecular weight is 260 g/mol. The minimum absolute atomic E-state index is 0.0284. The summed E-state index contributed by atoms with van der Waals surface area (Å²) in [5.41, 5.74) is 0.938. The molecule has 1 heterocycles. The third-order valence-corrected chi connectivity index (χ3v) is 3.78. The number of rotatable bonds is 4. The summed E-state index contributed by atoms with van der Waals surface area (Å²) in [4.78, 5) is 11.4. The number of carbonyl (C=O) groups is 1. The lowest BCUT2D eigenvalue weighted by Crippen LogP contribution is -2.49. The summed E-state index contributed by atoms with van der Waals surface area (Å²) >= 11 is 0. The van der Waals surface area contributed by atoms with Gasteiger partial charge in [-0.1, -0.05) is 17.6 Å². The highest BCUT2D eigenvalue weighted by molar-refractivity contribution is 6.47. The van der Waals surface area contributed by atoms with Gasteiger partial charge in [-0.05, 0) is 39.3 Å². The van der Waals surface area contributed by atoms with Crippen molar-refractivity contribution in [2.75, 3.05) is 0 Å². The Labute approximate surface area is 114 Å². The summed E-state index contributed by atoms with van der Waals surface area (Å²) in [6, 6.07) is 5.56. The number of carbonyl (C=O) groups excluding carboxylic acids is 1. The minimum Gasteiger partial charge on any atom is -0.427 e. The Morgan fingerprint density at radius 2 is 2.00 bits per heavy atom. The monoisotopic (exact) mass is 260 g/mol. The fraction of sp³-hybridized carbons (Fsp3) is 0.500. The second kappa shape index (κ2) is 4.65. The lowest BCUT2D eigenvalue weighted by Gasteiger charge is -2.37. The first-order valence-corrected chi connectivity index (χ1v) is 6.35. The number of amides is 1. The summed E-state index contributed by atoms with van der Waals surface area (Å²) in [7, 11) is 1.63. The van der Waals surface area contributed by atoms with Gasteiger partial charge in [-0.25, -0.2) is 0 Å². The van der Waals surface area contributed by atoms with Crippen LogP contribution in [-0.4, -0.2) is 29.7 Å². The van der Waals surface area contributed by atoms with Gasteiger partial charge in [0, 0.05) is 12.1 Å². The molecular formula is C14H19BNO3. The average Bonchev–Trinajstić information content (AvgIpc) is 2.67. The maximum atomic E-state index is 11.4. The van der Waals surface area contributed by atoms with E-state index in [1.54, 1.807) is 27.4 Å². The van der Waals surface area contributed by atoms with Gasteiger partial charge in [0.05, 0.1) is 11.2 Å². The number of aliphatic hydroxyl groups is 1. The molecule has 19 heavy (non-hydrogen) atoms. The fourth-order valence-electron chi connectivity index (χ4n) is 1.69. The second-order valence-corrected chi connectivity index (χ2v) is 5.90. The van der Waals surface area contributed by atoms with Crippen LogP contribution < -0.4 is 10.8 Å². The molecule has 0 unspecified atom stereocenters. The number of benzene rings is 1. The van der Waals surface area contributed by atoms with E-state index >= 15 is 0 Å². The Bertz CT molecular complexity index is 506. The molecule has 2 rings (SSSR count). The number of hydrogen-bond donors (Lipinski definition) is 2. The number of hydrogen-bond acceptors (Lipinski definition) is 3. The van der Waals surface area contributed by atoms with Gasteiger partial charge in [-0.3, -0.25) is 4.79 Å². The van der Waals surface area contributed by atoms with Gasteiger partial charge in [0.2, 0.25) is 0 Å². The normalized spacial score (nSPS) is 15.1. The molecule has 0 aliphatic carbocycles. The molecule has 0 atom stereocenters. The second-order valence-electron chi connectivity index (χ2n) is 5.90. The lowest BCUT2D eigenvalue weighted by molar-refractivity contribution is -0.0893. The first-order chi connectivity index (χ1) is 8.71. The third-order valence-electron chi connectivity index (χ3n) is 3.78. The van der Waals surface area contributed by atoms with Crippen molar-refractivity contribution in [2.45, 2.75) is 45.4 Å². The highest BCUT2D eigenvalue weighted by Crippen LogP contribution is 2.24. The SMILES string of the molecule is CC(C)(O)C(C)(C)O[B]c1ccc2c(c1)CNC2=O. The molecule has 4 nitrogen and oxygen atoms in total. The summed E-state index contributed by atoms with van der Waals surface area (Å²) in [5, 5.41) is 12.8. The summed E-state index contributed by atoms with van der Waals surface area (Å²) in [6.45, 7) is 7.66. The van der Waals surface area contributed by atoms with E-state index in [0.29, 0.717) is 6.54 Å². The van der Waals surface area contributed by atoms with E-state index in [0.717, 1.165) is 16.6 Å². The Balaban J connectivity index is 2.08. The van der Waals surface area contributed by atoms with E-state index in [9.17, 15) is 9.90 Å². The van der Waals surface area contributed by atoms with Crippen LogP contribution in [0.3, 0.4) is 0 Å². The summed E-state index contributed by atoms with van der Waals surface area (Å²) in [6.07, 6.45) is 0. The Morgan fingerprint density at radius 1 is 1.32 bits per heavy atom. The quantitative estimate of drug-likeness (QED) is 0.785. The van der Waals surface area contributed by atoms with Crippen molar-refractivity contribution in [3.63, 3.8) is 0 Å². The van der Waals surface area contributed by atoms with E-state index in [4.69, 9.17) is 4.65 Å². The zero-order valence-electron chi connectivity index (χ0n) is 11.8. The van der Waals surface area contributed by atoms with Crippen molar-refractivity contribution in [1.82, 2.24) is 5.32 Å².